The first-order valence-electron chi connectivity index (χ1n) is 4.67. The maximum absolute atomic E-state index is 10.8. The van der Waals surface area contributed by atoms with Crippen molar-refractivity contribution >= 4 is 17.8 Å². The van der Waals surface area contributed by atoms with Gasteiger partial charge in [0.2, 0.25) is 5.96 Å². The lowest BCUT2D eigenvalue weighted by Crippen LogP contribution is -2.31. The second-order valence-electron chi connectivity index (χ2n) is 3.93. The second kappa shape index (κ2) is 3.77. The first-order valence-corrected chi connectivity index (χ1v) is 4.67. The summed E-state index contributed by atoms with van der Waals surface area (Å²) in [5, 5.41) is 4.74. The smallest absolute Gasteiger partial charge is 0.288 e. The Labute approximate surface area is 83.0 Å². The SMILES string of the molecule is CCCC(C)(C)N=C1NC(=O)C(=O)N1. The number of carbonyl (C=O) groups excluding carboxylic acids is 2. The summed E-state index contributed by atoms with van der Waals surface area (Å²) in [6.07, 6.45) is 1.91. The van der Waals surface area contributed by atoms with Crippen molar-refractivity contribution in [1.82, 2.24) is 10.6 Å². The highest BCUT2D eigenvalue weighted by Gasteiger charge is 2.27. The molecule has 0 radical (unpaired) electrons. The normalized spacial score (nSPS) is 16.6. The molecule has 1 saturated heterocycles. The summed E-state index contributed by atoms with van der Waals surface area (Å²) in [5.41, 5.74) is -0.255. The number of guanidine groups is 1. The van der Waals surface area contributed by atoms with E-state index in [0.717, 1.165) is 12.8 Å². The zero-order valence-corrected chi connectivity index (χ0v) is 8.68. The predicted octanol–water partition coefficient (Wildman–Crippen LogP) is 0.167. The molecule has 0 bridgehead atoms. The molecule has 2 amide bonds. The Balaban J connectivity index is 2.70. The quantitative estimate of drug-likeness (QED) is 0.633. The third kappa shape index (κ3) is 2.55. The summed E-state index contributed by atoms with van der Waals surface area (Å²) in [4.78, 5) is 25.9. The Morgan fingerprint density at radius 3 is 2.14 bits per heavy atom. The monoisotopic (exact) mass is 197 g/mol. The molecule has 0 saturated carbocycles. The van der Waals surface area contributed by atoms with E-state index in [2.05, 4.69) is 22.5 Å². The Kier molecular flexibility index (Phi) is 2.88. The van der Waals surface area contributed by atoms with Gasteiger partial charge in [0.1, 0.15) is 0 Å². The molecule has 78 valence electrons. The molecular formula is C9H15N3O2. The van der Waals surface area contributed by atoms with Crippen LogP contribution in [0.25, 0.3) is 0 Å². The minimum Gasteiger partial charge on any atom is -0.288 e. The van der Waals surface area contributed by atoms with E-state index in [0.29, 0.717) is 0 Å². The molecule has 5 nitrogen and oxygen atoms in total. The van der Waals surface area contributed by atoms with Crippen molar-refractivity contribution in [3.63, 3.8) is 0 Å². The molecule has 0 aromatic rings. The molecule has 0 spiro atoms. The molecule has 1 aliphatic heterocycles. The lowest BCUT2D eigenvalue weighted by Gasteiger charge is -2.18. The number of carbonyl (C=O) groups is 2. The average molecular weight is 197 g/mol. The van der Waals surface area contributed by atoms with Crippen LogP contribution in [0.3, 0.4) is 0 Å². The summed E-state index contributed by atoms with van der Waals surface area (Å²) in [7, 11) is 0. The third-order valence-electron chi connectivity index (χ3n) is 1.95. The van der Waals surface area contributed by atoms with Crippen LogP contribution < -0.4 is 10.6 Å². The number of hydrogen-bond acceptors (Lipinski definition) is 3. The van der Waals surface area contributed by atoms with Crippen LogP contribution >= 0.6 is 0 Å². The maximum Gasteiger partial charge on any atom is 0.316 e. The lowest BCUT2D eigenvalue weighted by molar-refractivity contribution is -0.135. The van der Waals surface area contributed by atoms with Gasteiger partial charge in [-0.1, -0.05) is 13.3 Å². The van der Waals surface area contributed by atoms with Gasteiger partial charge in [-0.3, -0.25) is 20.2 Å². The van der Waals surface area contributed by atoms with E-state index in [1.807, 2.05) is 13.8 Å². The van der Waals surface area contributed by atoms with Crippen LogP contribution in [0.5, 0.6) is 0 Å². The van der Waals surface area contributed by atoms with E-state index in [-0.39, 0.29) is 11.5 Å². The molecule has 0 aromatic carbocycles. The predicted molar refractivity (Wildman–Crippen MR) is 52.7 cm³/mol. The van der Waals surface area contributed by atoms with Crippen LogP contribution in [0.15, 0.2) is 4.99 Å². The highest BCUT2D eigenvalue weighted by atomic mass is 16.2. The summed E-state index contributed by atoms with van der Waals surface area (Å²) in [6.45, 7) is 5.98. The van der Waals surface area contributed by atoms with Gasteiger partial charge in [0, 0.05) is 0 Å². The van der Waals surface area contributed by atoms with Crippen LogP contribution in [0.2, 0.25) is 0 Å². The van der Waals surface area contributed by atoms with Gasteiger partial charge < -0.3 is 0 Å². The summed E-state index contributed by atoms with van der Waals surface area (Å²) in [5.74, 6) is -1.02. The molecule has 2 N–H and O–H groups in total. The summed E-state index contributed by atoms with van der Waals surface area (Å²) >= 11 is 0. The number of rotatable bonds is 3. The second-order valence-corrected chi connectivity index (χ2v) is 3.93. The van der Waals surface area contributed by atoms with E-state index in [1.165, 1.54) is 0 Å². The Morgan fingerprint density at radius 2 is 1.71 bits per heavy atom. The number of amides is 2. The molecule has 1 aliphatic rings. The molecule has 1 heterocycles. The molecule has 14 heavy (non-hydrogen) atoms. The number of hydrogen-bond donors (Lipinski definition) is 2. The highest BCUT2D eigenvalue weighted by Crippen LogP contribution is 2.16. The molecular weight excluding hydrogens is 182 g/mol. The van der Waals surface area contributed by atoms with Gasteiger partial charge in [-0.25, -0.2) is 4.99 Å². The van der Waals surface area contributed by atoms with Crippen LogP contribution in [0.4, 0.5) is 0 Å². The van der Waals surface area contributed by atoms with E-state index in [9.17, 15) is 9.59 Å². The topological polar surface area (TPSA) is 70.6 Å². The van der Waals surface area contributed by atoms with Crippen molar-refractivity contribution in [2.75, 3.05) is 0 Å². The number of nitrogens with zero attached hydrogens (tertiary/aromatic N) is 1. The van der Waals surface area contributed by atoms with Crippen molar-refractivity contribution in [1.29, 1.82) is 0 Å². The lowest BCUT2D eigenvalue weighted by atomic mass is 10.0. The van der Waals surface area contributed by atoms with Gasteiger partial charge in [-0.05, 0) is 20.3 Å². The van der Waals surface area contributed by atoms with E-state index in [4.69, 9.17) is 0 Å². The highest BCUT2D eigenvalue weighted by molar-refractivity contribution is 6.45. The molecule has 1 rings (SSSR count). The summed E-state index contributed by atoms with van der Waals surface area (Å²) in [6, 6.07) is 0. The van der Waals surface area contributed by atoms with Crippen LogP contribution in [0.1, 0.15) is 33.6 Å². The maximum atomic E-state index is 10.8. The van der Waals surface area contributed by atoms with Crippen molar-refractivity contribution in [2.45, 2.75) is 39.2 Å². The first-order chi connectivity index (χ1) is 6.44. The molecule has 0 unspecified atom stereocenters. The Hall–Kier alpha value is -1.39. The molecule has 0 aliphatic carbocycles. The van der Waals surface area contributed by atoms with Gasteiger partial charge in [0.25, 0.3) is 0 Å². The largest absolute Gasteiger partial charge is 0.316 e. The fourth-order valence-electron chi connectivity index (χ4n) is 1.39. The first kappa shape index (κ1) is 10.7. The van der Waals surface area contributed by atoms with Crippen molar-refractivity contribution in [3.05, 3.63) is 0 Å². The average Bonchev–Trinajstić information content (AvgIpc) is 2.29. The zero-order chi connectivity index (χ0) is 10.8. The molecule has 0 atom stereocenters. The molecule has 5 heteroatoms. The van der Waals surface area contributed by atoms with Crippen LogP contribution in [-0.2, 0) is 9.59 Å². The van der Waals surface area contributed by atoms with Gasteiger partial charge >= 0.3 is 11.8 Å². The minimum absolute atomic E-state index is 0.255. The summed E-state index contributed by atoms with van der Waals surface area (Å²) < 4.78 is 0. The minimum atomic E-state index is -0.643. The van der Waals surface area contributed by atoms with Crippen molar-refractivity contribution in [3.8, 4) is 0 Å². The number of aliphatic imine (C=N–C) groups is 1. The molecule has 0 aromatic heterocycles. The standard InChI is InChI=1S/C9H15N3O2/c1-4-5-9(2,3)12-8-10-6(13)7(14)11-8/h4-5H2,1-3H3,(H2,10,11,12,13,14). The van der Waals surface area contributed by atoms with Gasteiger partial charge in [0.15, 0.2) is 0 Å². The van der Waals surface area contributed by atoms with Crippen LogP contribution in [0, 0.1) is 0 Å². The van der Waals surface area contributed by atoms with E-state index in [1.54, 1.807) is 0 Å². The van der Waals surface area contributed by atoms with Crippen LogP contribution in [-0.4, -0.2) is 23.3 Å². The van der Waals surface area contributed by atoms with E-state index < -0.39 is 11.8 Å². The fourth-order valence-corrected chi connectivity index (χ4v) is 1.39. The third-order valence-corrected chi connectivity index (χ3v) is 1.95. The van der Waals surface area contributed by atoms with Gasteiger partial charge in [0.05, 0.1) is 5.54 Å². The van der Waals surface area contributed by atoms with Crippen molar-refractivity contribution in [2.24, 2.45) is 4.99 Å². The Bertz CT molecular complexity index is 276. The zero-order valence-electron chi connectivity index (χ0n) is 8.68. The molecule has 1 fully saturated rings. The van der Waals surface area contributed by atoms with Gasteiger partial charge in [-0.2, -0.15) is 0 Å². The van der Waals surface area contributed by atoms with E-state index >= 15 is 0 Å². The van der Waals surface area contributed by atoms with Gasteiger partial charge in [-0.15, -0.1) is 0 Å². The number of nitrogens with one attached hydrogen (secondary N) is 2. The fraction of sp³-hybridized carbons (Fsp3) is 0.667. The Morgan fingerprint density at radius 1 is 1.21 bits per heavy atom. The van der Waals surface area contributed by atoms with Crippen molar-refractivity contribution < 1.29 is 9.59 Å².